The van der Waals surface area contributed by atoms with Gasteiger partial charge in [0.25, 0.3) is 0 Å². The number of halogens is 5. The predicted molar refractivity (Wildman–Crippen MR) is 62.6 cm³/mol. The lowest BCUT2D eigenvalue weighted by molar-refractivity contribution is -0.137. The van der Waals surface area contributed by atoms with Crippen LogP contribution in [0, 0.1) is 23.0 Å². The molecule has 0 spiro atoms. The van der Waals surface area contributed by atoms with Gasteiger partial charge in [-0.3, -0.25) is 0 Å². The van der Waals surface area contributed by atoms with Crippen LogP contribution < -0.4 is 4.74 Å². The summed E-state index contributed by atoms with van der Waals surface area (Å²) in [6.45, 7) is 0. The fourth-order valence-corrected chi connectivity index (χ4v) is 1.61. The average molecular weight is 299 g/mol. The third-order valence-corrected chi connectivity index (χ3v) is 2.56. The second-order valence-corrected chi connectivity index (χ2v) is 3.97. The third-order valence-electron chi connectivity index (χ3n) is 2.56. The van der Waals surface area contributed by atoms with Crippen LogP contribution in [0.1, 0.15) is 11.1 Å². The van der Waals surface area contributed by atoms with Crippen molar-refractivity contribution in [3.05, 3.63) is 59.2 Å². The minimum Gasteiger partial charge on any atom is -0.454 e. The molecular weight excluding hydrogens is 293 g/mol. The molecular formula is C14H6F5NO. The molecule has 7 heteroatoms. The molecule has 0 aliphatic carbocycles. The van der Waals surface area contributed by atoms with Gasteiger partial charge in [0, 0.05) is 0 Å². The number of rotatable bonds is 2. The maximum Gasteiger partial charge on any atom is 0.417 e. The smallest absolute Gasteiger partial charge is 0.417 e. The van der Waals surface area contributed by atoms with Gasteiger partial charge in [-0.2, -0.15) is 22.8 Å². The monoisotopic (exact) mass is 299 g/mol. The first-order chi connectivity index (χ1) is 9.82. The van der Waals surface area contributed by atoms with Crippen LogP contribution in [-0.2, 0) is 6.18 Å². The number of ether oxygens (including phenoxy) is 1. The highest BCUT2D eigenvalue weighted by Crippen LogP contribution is 2.35. The molecule has 2 nitrogen and oxygen atoms in total. The first-order valence-corrected chi connectivity index (χ1v) is 5.56. The average Bonchev–Trinajstić information content (AvgIpc) is 2.43. The molecule has 0 aliphatic heterocycles. The Balaban J connectivity index is 2.43. The third kappa shape index (κ3) is 3.11. The maximum absolute atomic E-state index is 13.4. The van der Waals surface area contributed by atoms with Crippen LogP contribution in [0.5, 0.6) is 11.5 Å². The molecule has 0 bridgehead atoms. The van der Waals surface area contributed by atoms with E-state index in [4.69, 9.17) is 10.00 Å². The fourth-order valence-electron chi connectivity index (χ4n) is 1.61. The quantitative estimate of drug-likeness (QED) is 0.756. The van der Waals surface area contributed by atoms with Gasteiger partial charge in [-0.25, -0.2) is 4.39 Å². The highest BCUT2D eigenvalue weighted by Gasteiger charge is 2.34. The lowest BCUT2D eigenvalue weighted by atomic mass is 10.1. The lowest BCUT2D eigenvalue weighted by Gasteiger charge is -2.12. The van der Waals surface area contributed by atoms with Crippen LogP contribution in [0.2, 0.25) is 0 Å². The van der Waals surface area contributed by atoms with Crippen molar-refractivity contribution in [3.8, 4) is 17.6 Å². The summed E-state index contributed by atoms with van der Waals surface area (Å²) in [5.41, 5.74) is -1.80. The van der Waals surface area contributed by atoms with Gasteiger partial charge in [0.15, 0.2) is 11.6 Å². The number of hydrogen-bond acceptors (Lipinski definition) is 2. The minimum absolute atomic E-state index is 0.356. The Morgan fingerprint density at radius 2 is 1.76 bits per heavy atom. The summed E-state index contributed by atoms with van der Waals surface area (Å²) in [4.78, 5) is 0. The molecule has 0 aliphatic rings. The van der Waals surface area contributed by atoms with Crippen LogP contribution >= 0.6 is 0 Å². The Labute approximate surface area is 116 Å². The molecule has 0 radical (unpaired) electrons. The first kappa shape index (κ1) is 14.8. The van der Waals surface area contributed by atoms with Gasteiger partial charge in [-0.1, -0.05) is 6.07 Å². The summed E-state index contributed by atoms with van der Waals surface area (Å²) in [5, 5.41) is 8.64. The second-order valence-electron chi connectivity index (χ2n) is 3.97. The van der Waals surface area contributed by atoms with Gasteiger partial charge in [0.2, 0.25) is 5.82 Å². The maximum atomic E-state index is 13.4. The molecule has 21 heavy (non-hydrogen) atoms. The molecule has 0 N–H and O–H groups in total. The molecule has 0 amide bonds. The van der Waals surface area contributed by atoms with Gasteiger partial charge in [-0.05, 0) is 30.3 Å². The van der Waals surface area contributed by atoms with E-state index in [1.54, 1.807) is 0 Å². The van der Waals surface area contributed by atoms with Gasteiger partial charge in [0.1, 0.15) is 5.75 Å². The molecule has 2 rings (SSSR count). The topological polar surface area (TPSA) is 33.0 Å². The van der Waals surface area contributed by atoms with Gasteiger partial charge >= 0.3 is 6.18 Å². The zero-order valence-electron chi connectivity index (χ0n) is 10.2. The van der Waals surface area contributed by atoms with Crippen LogP contribution in [0.3, 0.4) is 0 Å². The Morgan fingerprint density at radius 3 is 2.38 bits per heavy atom. The van der Waals surface area contributed by atoms with E-state index in [0.717, 1.165) is 30.3 Å². The standard InChI is InChI=1S/C14H6F5NO/c15-11-2-1-3-12(13(11)16)21-9-5-4-8(7-20)10(6-9)14(17,18)19/h1-6H. The zero-order valence-corrected chi connectivity index (χ0v) is 10.2. The van der Waals surface area contributed by atoms with Crippen LogP contribution in [0.15, 0.2) is 36.4 Å². The highest BCUT2D eigenvalue weighted by molar-refractivity contribution is 5.45. The summed E-state index contributed by atoms with van der Waals surface area (Å²) in [5.74, 6) is -3.40. The lowest BCUT2D eigenvalue weighted by Crippen LogP contribution is -2.08. The van der Waals surface area contributed by atoms with Crippen LogP contribution in [0.4, 0.5) is 22.0 Å². The molecule has 2 aromatic rings. The van der Waals surface area contributed by atoms with Gasteiger partial charge < -0.3 is 4.74 Å². The van der Waals surface area contributed by atoms with Crippen molar-refractivity contribution in [3.63, 3.8) is 0 Å². The van der Waals surface area contributed by atoms with Crippen molar-refractivity contribution in [2.45, 2.75) is 6.18 Å². The predicted octanol–water partition coefficient (Wildman–Crippen LogP) is 4.65. The fraction of sp³-hybridized carbons (Fsp3) is 0.0714. The van der Waals surface area contributed by atoms with E-state index in [9.17, 15) is 22.0 Å². The van der Waals surface area contributed by atoms with E-state index >= 15 is 0 Å². The van der Waals surface area contributed by atoms with Crippen LogP contribution in [-0.4, -0.2) is 0 Å². The molecule has 0 fully saturated rings. The van der Waals surface area contributed by atoms with Crippen molar-refractivity contribution in [2.24, 2.45) is 0 Å². The molecule has 2 aromatic carbocycles. The Hall–Kier alpha value is -2.62. The molecule has 108 valence electrons. The Bertz CT molecular complexity index is 718. The number of alkyl halides is 3. The number of nitriles is 1. The normalized spacial score (nSPS) is 11.0. The summed E-state index contributed by atoms with van der Waals surface area (Å²) < 4.78 is 69.6. The van der Waals surface area contributed by atoms with Crippen molar-refractivity contribution in [2.75, 3.05) is 0 Å². The molecule has 0 atom stereocenters. The van der Waals surface area contributed by atoms with Crippen molar-refractivity contribution < 1.29 is 26.7 Å². The van der Waals surface area contributed by atoms with Crippen molar-refractivity contribution in [1.29, 1.82) is 5.26 Å². The van der Waals surface area contributed by atoms with Crippen LogP contribution in [0.25, 0.3) is 0 Å². The summed E-state index contributed by atoms with van der Waals surface area (Å²) in [7, 11) is 0. The van der Waals surface area contributed by atoms with Crippen molar-refractivity contribution in [1.82, 2.24) is 0 Å². The van der Waals surface area contributed by atoms with Gasteiger partial charge in [-0.15, -0.1) is 0 Å². The largest absolute Gasteiger partial charge is 0.454 e. The second kappa shape index (κ2) is 5.40. The summed E-state index contributed by atoms with van der Waals surface area (Å²) in [6, 6.07) is 7.01. The Morgan fingerprint density at radius 1 is 1.05 bits per heavy atom. The molecule has 0 unspecified atom stereocenters. The van der Waals surface area contributed by atoms with E-state index in [0.29, 0.717) is 6.07 Å². The summed E-state index contributed by atoms with van der Waals surface area (Å²) in [6.07, 6.45) is -4.76. The van der Waals surface area contributed by atoms with E-state index in [2.05, 4.69) is 0 Å². The molecule has 0 saturated heterocycles. The van der Waals surface area contributed by atoms with Crippen molar-refractivity contribution >= 4 is 0 Å². The SMILES string of the molecule is N#Cc1ccc(Oc2cccc(F)c2F)cc1C(F)(F)F. The molecule has 0 aromatic heterocycles. The van der Waals surface area contributed by atoms with E-state index in [1.807, 2.05) is 0 Å². The molecule has 0 saturated carbocycles. The molecule has 0 heterocycles. The highest BCUT2D eigenvalue weighted by atomic mass is 19.4. The first-order valence-electron chi connectivity index (χ1n) is 5.56. The Kier molecular flexibility index (Phi) is 3.80. The van der Waals surface area contributed by atoms with Gasteiger partial charge in [0.05, 0.1) is 17.2 Å². The van der Waals surface area contributed by atoms with E-state index in [-0.39, 0.29) is 5.75 Å². The minimum atomic E-state index is -4.76. The number of hydrogen-bond donors (Lipinski definition) is 0. The zero-order chi connectivity index (χ0) is 15.6. The number of benzene rings is 2. The number of nitrogens with zero attached hydrogens (tertiary/aromatic N) is 1. The van der Waals surface area contributed by atoms with E-state index in [1.165, 1.54) is 6.07 Å². The summed E-state index contributed by atoms with van der Waals surface area (Å²) >= 11 is 0. The van der Waals surface area contributed by atoms with E-state index < -0.39 is 34.7 Å².